The van der Waals surface area contributed by atoms with Crippen LogP contribution in [0.2, 0.25) is 5.02 Å². The summed E-state index contributed by atoms with van der Waals surface area (Å²) < 4.78 is 60.8. The van der Waals surface area contributed by atoms with E-state index in [1.165, 1.54) is 35.9 Å². The number of carbonyl (C=O) groups excluding carboxylic acids is 1. The quantitative estimate of drug-likeness (QED) is 0.566. The fourth-order valence-electron chi connectivity index (χ4n) is 4.97. The lowest BCUT2D eigenvalue weighted by atomic mass is 10.1. The number of aromatic nitrogens is 1. The highest BCUT2D eigenvalue weighted by atomic mass is 35.5. The number of aliphatic hydroxyl groups excluding tert-OH is 1. The number of aryl methyl sites for hydroxylation is 1. The number of aliphatic hydroxyl groups is 1. The number of rotatable bonds is 5. The van der Waals surface area contributed by atoms with Gasteiger partial charge in [-0.25, -0.2) is 9.37 Å². The second-order valence-corrected chi connectivity index (χ2v) is 9.75. The third-order valence-corrected chi connectivity index (χ3v) is 7.18. The predicted molar refractivity (Wildman–Crippen MR) is 131 cm³/mol. The molecule has 8 nitrogen and oxygen atoms in total. The van der Waals surface area contributed by atoms with E-state index in [1.54, 1.807) is 6.07 Å². The molecule has 204 valence electrons. The molecule has 1 unspecified atom stereocenters. The first-order chi connectivity index (χ1) is 17.9. The van der Waals surface area contributed by atoms with E-state index in [4.69, 9.17) is 16.3 Å². The summed E-state index contributed by atoms with van der Waals surface area (Å²) in [6, 6.07) is 4.95. The molecule has 38 heavy (non-hydrogen) atoms. The lowest BCUT2D eigenvalue weighted by molar-refractivity contribution is -0.137. The highest BCUT2D eigenvalue weighted by molar-refractivity contribution is 6.31. The Balaban J connectivity index is 1.76. The number of amides is 1. The molecule has 0 aliphatic carbocycles. The van der Waals surface area contributed by atoms with Gasteiger partial charge in [-0.2, -0.15) is 18.4 Å². The first-order valence-corrected chi connectivity index (χ1v) is 12.3. The summed E-state index contributed by atoms with van der Waals surface area (Å²) in [6.07, 6.45) is -5.01. The third-order valence-electron chi connectivity index (χ3n) is 6.89. The zero-order valence-electron chi connectivity index (χ0n) is 20.7. The number of hydrogen-bond donors (Lipinski definition) is 1. The smallest absolute Gasteiger partial charge is 0.394 e. The molecular weight excluding hydrogens is 530 g/mol. The van der Waals surface area contributed by atoms with Gasteiger partial charge in [0.25, 0.3) is 0 Å². The molecule has 2 aliphatic heterocycles. The minimum atomic E-state index is -4.80. The number of benzene rings is 1. The molecule has 0 bridgehead atoms. The van der Waals surface area contributed by atoms with Crippen molar-refractivity contribution in [3.8, 4) is 6.07 Å². The number of hydrogen-bond acceptors (Lipinski definition) is 7. The van der Waals surface area contributed by atoms with Crippen LogP contribution in [0.1, 0.15) is 23.2 Å². The van der Waals surface area contributed by atoms with E-state index < -0.39 is 41.2 Å². The van der Waals surface area contributed by atoms with E-state index in [2.05, 4.69) is 4.98 Å². The molecule has 1 aromatic heterocycles. The maximum Gasteiger partial charge on any atom is 0.417 e. The zero-order chi connectivity index (χ0) is 27.8. The van der Waals surface area contributed by atoms with Crippen LogP contribution in [0.15, 0.2) is 24.3 Å². The fourth-order valence-corrected chi connectivity index (χ4v) is 5.15. The van der Waals surface area contributed by atoms with Crippen LogP contribution in [0.3, 0.4) is 0 Å². The van der Waals surface area contributed by atoms with Crippen molar-refractivity contribution in [2.75, 3.05) is 49.7 Å². The molecule has 4 rings (SSSR count). The molecule has 2 saturated heterocycles. The van der Waals surface area contributed by atoms with Crippen molar-refractivity contribution in [1.29, 1.82) is 5.26 Å². The molecule has 2 aromatic rings. The van der Waals surface area contributed by atoms with Gasteiger partial charge >= 0.3 is 6.18 Å². The molecule has 1 amide bonds. The van der Waals surface area contributed by atoms with E-state index >= 15 is 0 Å². The predicted octanol–water partition coefficient (Wildman–Crippen LogP) is 3.38. The number of anilines is 2. The number of likely N-dealkylation sites (N-methyl/N-ethyl adjacent to an activating group) is 1. The Morgan fingerprint density at radius 1 is 1.34 bits per heavy atom. The van der Waals surface area contributed by atoms with Gasteiger partial charge in [0, 0.05) is 44.1 Å². The number of ether oxygens (including phenoxy) is 1. The van der Waals surface area contributed by atoms with Gasteiger partial charge in [-0.15, -0.1) is 0 Å². The molecule has 1 N–H and O–H groups in total. The number of carbonyl (C=O) groups is 1. The molecule has 2 fully saturated rings. The van der Waals surface area contributed by atoms with Crippen LogP contribution in [-0.4, -0.2) is 79.0 Å². The van der Waals surface area contributed by atoms with Crippen molar-refractivity contribution < 1.29 is 32.2 Å². The second kappa shape index (κ2) is 11.0. The van der Waals surface area contributed by atoms with Crippen molar-refractivity contribution >= 4 is 29.0 Å². The normalized spacial score (nSPS) is 22.4. The maximum atomic E-state index is 13.8. The van der Waals surface area contributed by atoms with E-state index in [9.17, 15) is 32.7 Å². The minimum absolute atomic E-state index is 0.0476. The number of alkyl halides is 3. The third kappa shape index (κ3) is 5.56. The Labute approximate surface area is 222 Å². The summed E-state index contributed by atoms with van der Waals surface area (Å²) in [5.41, 5.74) is -1.44. The van der Waals surface area contributed by atoms with Gasteiger partial charge in [0.1, 0.15) is 29.3 Å². The monoisotopic (exact) mass is 555 g/mol. The van der Waals surface area contributed by atoms with Gasteiger partial charge in [0.2, 0.25) is 5.91 Å². The Morgan fingerprint density at radius 2 is 2.08 bits per heavy atom. The first-order valence-electron chi connectivity index (χ1n) is 11.9. The molecule has 1 aromatic carbocycles. The van der Waals surface area contributed by atoms with Crippen LogP contribution in [0.25, 0.3) is 0 Å². The van der Waals surface area contributed by atoms with E-state index in [1.807, 2.05) is 4.90 Å². The average Bonchev–Trinajstić information content (AvgIpc) is 3.34. The van der Waals surface area contributed by atoms with Crippen molar-refractivity contribution in [2.24, 2.45) is 0 Å². The summed E-state index contributed by atoms with van der Waals surface area (Å²) >= 11 is 5.90. The first kappa shape index (κ1) is 28.0. The number of nitrogens with zero attached hydrogens (tertiary/aromatic N) is 5. The van der Waals surface area contributed by atoms with Crippen LogP contribution in [0, 0.1) is 24.1 Å². The van der Waals surface area contributed by atoms with Gasteiger partial charge in [-0.05, 0) is 37.6 Å². The van der Waals surface area contributed by atoms with Gasteiger partial charge in [-0.3, -0.25) is 9.69 Å². The van der Waals surface area contributed by atoms with E-state index in [0.29, 0.717) is 25.4 Å². The van der Waals surface area contributed by atoms with Crippen LogP contribution < -0.4 is 9.80 Å². The lowest BCUT2D eigenvalue weighted by Crippen LogP contribution is -2.49. The molecular formula is C25H26ClF4N5O3. The van der Waals surface area contributed by atoms with Crippen LogP contribution in [-0.2, 0) is 15.7 Å². The topological polar surface area (TPSA) is 92.9 Å². The minimum Gasteiger partial charge on any atom is -0.394 e. The Bertz CT molecular complexity index is 1250. The Morgan fingerprint density at radius 3 is 2.71 bits per heavy atom. The molecule has 0 radical (unpaired) electrons. The van der Waals surface area contributed by atoms with Crippen molar-refractivity contribution in [3.05, 3.63) is 51.9 Å². The molecule has 0 saturated carbocycles. The summed E-state index contributed by atoms with van der Waals surface area (Å²) in [5.74, 6) is -1.37. The SMILES string of the molecule is Cc1cc(C(F)(F)F)c(C#N)c(N2C[C@@H](N3CCOC(CO)C3)C[C@H]2C(=O)N(C)c2ccc(F)c(Cl)c2)n1. The molecule has 0 spiro atoms. The van der Waals surface area contributed by atoms with Crippen LogP contribution >= 0.6 is 11.6 Å². The summed E-state index contributed by atoms with van der Waals surface area (Å²) in [4.78, 5) is 22.8. The van der Waals surface area contributed by atoms with Crippen molar-refractivity contribution in [2.45, 2.75) is 37.7 Å². The summed E-state index contributed by atoms with van der Waals surface area (Å²) in [6.45, 7) is 2.54. The fraction of sp³-hybridized carbons (Fsp3) is 0.480. The van der Waals surface area contributed by atoms with Gasteiger partial charge in [0.05, 0.1) is 29.9 Å². The lowest BCUT2D eigenvalue weighted by Gasteiger charge is -2.36. The highest BCUT2D eigenvalue weighted by Crippen LogP contribution is 2.39. The zero-order valence-corrected chi connectivity index (χ0v) is 21.4. The second-order valence-electron chi connectivity index (χ2n) is 9.34. The van der Waals surface area contributed by atoms with E-state index in [0.717, 1.165) is 12.1 Å². The summed E-state index contributed by atoms with van der Waals surface area (Å²) in [5, 5.41) is 19.1. The Kier molecular flexibility index (Phi) is 8.13. The maximum absolute atomic E-state index is 13.8. The van der Waals surface area contributed by atoms with Crippen LogP contribution in [0.4, 0.5) is 29.1 Å². The molecule has 2 aliphatic rings. The standard InChI is InChI=1S/C25H26ClF4N5O3/c1-14-7-19(25(28,29)30)18(10-31)23(32-14)35-11-16(34-5-6-38-17(12-34)13-36)9-22(35)24(37)33(2)15-3-4-21(27)20(26)8-15/h3-4,7-8,16-17,22,36H,5-6,9,11-13H2,1-2H3/t16-,17?,22-/m0/s1. The van der Waals surface area contributed by atoms with E-state index in [-0.39, 0.29) is 42.1 Å². The largest absolute Gasteiger partial charge is 0.417 e. The summed E-state index contributed by atoms with van der Waals surface area (Å²) in [7, 11) is 1.46. The number of halogens is 5. The van der Waals surface area contributed by atoms with Gasteiger partial charge in [0.15, 0.2) is 0 Å². The number of nitriles is 1. The average molecular weight is 556 g/mol. The number of pyridine rings is 1. The van der Waals surface area contributed by atoms with Crippen molar-refractivity contribution in [1.82, 2.24) is 9.88 Å². The molecule has 3 heterocycles. The van der Waals surface area contributed by atoms with Gasteiger partial charge in [-0.1, -0.05) is 11.6 Å². The molecule has 3 atom stereocenters. The highest BCUT2D eigenvalue weighted by Gasteiger charge is 2.45. The number of morpholine rings is 1. The van der Waals surface area contributed by atoms with Crippen LogP contribution in [0.5, 0.6) is 0 Å². The van der Waals surface area contributed by atoms with Crippen molar-refractivity contribution in [3.63, 3.8) is 0 Å². The van der Waals surface area contributed by atoms with Gasteiger partial charge < -0.3 is 19.6 Å². The Hall–Kier alpha value is -2.98. The molecule has 13 heteroatoms.